The van der Waals surface area contributed by atoms with E-state index < -0.39 is 25.2 Å². The molecular formula is C9H24N4O4S2. The van der Waals surface area contributed by atoms with Crippen LogP contribution in [0.5, 0.6) is 0 Å². The Morgan fingerprint density at radius 3 is 2.00 bits per heavy atom. The Morgan fingerprint density at radius 1 is 1.05 bits per heavy atom. The van der Waals surface area contributed by atoms with Gasteiger partial charge in [0.2, 0.25) is 10.0 Å². The first-order chi connectivity index (χ1) is 8.61. The highest BCUT2D eigenvalue weighted by Gasteiger charge is 2.28. The van der Waals surface area contributed by atoms with Crippen LogP contribution in [0.25, 0.3) is 0 Å². The maximum atomic E-state index is 11.6. The molecule has 0 aliphatic carbocycles. The Bertz CT molecular complexity index is 449. The van der Waals surface area contributed by atoms with Crippen molar-refractivity contribution in [3.63, 3.8) is 0 Å². The van der Waals surface area contributed by atoms with E-state index in [-0.39, 0.29) is 25.3 Å². The van der Waals surface area contributed by atoms with Crippen molar-refractivity contribution in [1.82, 2.24) is 4.90 Å². The summed E-state index contributed by atoms with van der Waals surface area (Å²) >= 11 is 0. The summed E-state index contributed by atoms with van der Waals surface area (Å²) in [5.74, 6) is -0.131. The van der Waals surface area contributed by atoms with Gasteiger partial charge in [-0.1, -0.05) is 0 Å². The van der Waals surface area contributed by atoms with Crippen molar-refractivity contribution in [2.75, 3.05) is 38.2 Å². The first kappa shape index (κ1) is 18.7. The average Bonchev–Trinajstić information content (AvgIpc) is 2.24. The number of hydrogen-bond acceptors (Lipinski definition) is 7. The topological polar surface area (TPSA) is 150 Å². The zero-order valence-corrected chi connectivity index (χ0v) is 12.8. The molecule has 1 atom stereocenters. The number of hydrogen-bond donors (Lipinski definition) is 3. The fourth-order valence-electron chi connectivity index (χ4n) is 1.67. The molecule has 0 aromatic carbocycles. The second kappa shape index (κ2) is 8.12. The minimum absolute atomic E-state index is 0.0972. The lowest BCUT2D eigenvalue weighted by Crippen LogP contribution is -2.47. The average molecular weight is 316 g/mol. The van der Waals surface area contributed by atoms with Crippen molar-refractivity contribution in [2.45, 2.75) is 18.2 Å². The Hall–Kier alpha value is -0.260. The number of nitrogens with zero attached hydrogens (tertiary/aromatic N) is 1. The Kier molecular flexibility index (Phi) is 8.01. The van der Waals surface area contributed by atoms with Crippen LogP contribution in [0.1, 0.15) is 12.8 Å². The third-order valence-corrected chi connectivity index (χ3v) is 4.82. The molecule has 19 heavy (non-hydrogen) atoms. The molecule has 1 unspecified atom stereocenters. The maximum Gasteiger partial charge on any atom is 0.225 e. The lowest BCUT2D eigenvalue weighted by Gasteiger charge is -2.29. The van der Waals surface area contributed by atoms with Crippen molar-refractivity contribution in [3.8, 4) is 0 Å². The summed E-state index contributed by atoms with van der Waals surface area (Å²) < 4.78 is 45.5. The van der Waals surface area contributed by atoms with Crippen LogP contribution in [0.15, 0.2) is 0 Å². The van der Waals surface area contributed by atoms with Crippen LogP contribution in [0.4, 0.5) is 0 Å². The number of nitrogens with two attached hydrogens (primary N) is 3. The molecule has 8 nitrogen and oxygen atoms in total. The molecular weight excluding hydrogens is 292 g/mol. The van der Waals surface area contributed by atoms with Gasteiger partial charge in [-0.25, -0.2) is 22.0 Å². The zero-order valence-electron chi connectivity index (χ0n) is 11.2. The Morgan fingerprint density at radius 2 is 1.63 bits per heavy atom. The fraction of sp³-hybridized carbons (Fsp3) is 1.00. The molecule has 0 aliphatic rings. The first-order valence-electron chi connectivity index (χ1n) is 5.95. The van der Waals surface area contributed by atoms with Crippen LogP contribution in [-0.2, 0) is 19.9 Å². The molecule has 0 amide bonds. The molecule has 0 saturated heterocycles. The minimum Gasteiger partial charge on any atom is -0.330 e. The van der Waals surface area contributed by atoms with Gasteiger partial charge >= 0.3 is 0 Å². The van der Waals surface area contributed by atoms with Crippen molar-refractivity contribution >= 4 is 19.9 Å². The molecule has 0 fully saturated rings. The lowest BCUT2D eigenvalue weighted by molar-refractivity contribution is 0.251. The molecule has 116 valence electrons. The normalized spacial score (nSPS) is 14.8. The van der Waals surface area contributed by atoms with Gasteiger partial charge in [-0.05, 0) is 25.9 Å². The molecule has 0 radical (unpaired) electrons. The highest BCUT2D eigenvalue weighted by molar-refractivity contribution is 7.90. The summed E-state index contributed by atoms with van der Waals surface area (Å²) in [6.45, 7) is 1.00. The second-order valence-electron chi connectivity index (χ2n) is 4.43. The van der Waals surface area contributed by atoms with Crippen LogP contribution in [0, 0.1) is 0 Å². The highest BCUT2D eigenvalue weighted by Crippen LogP contribution is 2.10. The Labute approximate surface area is 115 Å². The third-order valence-electron chi connectivity index (χ3n) is 2.60. The van der Waals surface area contributed by atoms with E-state index in [9.17, 15) is 16.8 Å². The van der Waals surface area contributed by atoms with Crippen molar-refractivity contribution < 1.29 is 16.8 Å². The van der Waals surface area contributed by atoms with Gasteiger partial charge in [0.1, 0.15) is 15.2 Å². The molecule has 6 N–H and O–H groups in total. The van der Waals surface area contributed by atoms with E-state index in [2.05, 4.69) is 0 Å². The SMILES string of the molecule is CS(=O)(=O)CCN(CCCN)C(CCN)S(N)(=O)=O. The maximum absolute atomic E-state index is 11.6. The molecule has 0 aliphatic heterocycles. The van der Waals surface area contributed by atoms with Gasteiger partial charge in [0, 0.05) is 19.3 Å². The van der Waals surface area contributed by atoms with Gasteiger partial charge in [0.15, 0.2) is 0 Å². The van der Waals surface area contributed by atoms with Crippen LogP contribution in [0.2, 0.25) is 0 Å². The standard InChI is InChI=1S/C9H24N4O4S2/c1-18(14,15)8-7-13(6-2-4-10)9(3-5-11)19(12,16)17/h9H,2-8,10-11H2,1H3,(H2,12,16,17). The molecule has 0 aromatic rings. The zero-order chi connectivity index (χ0) is 15.1. The first-order valence-corrected chi connectivity index (χ1v) is 9.62. The molecule has 10 heteroatoms. The summed E-state index contributed by atoms with van der Waals surface area (Å²) in [4.78, 5) is 1.52. The van der Waals surface area contributed by atoms with Gasteiger partial charge < -0.3 is 11.5 Å². The smallest absolute Gasteiger partial charge is 0.225 e. The summed E-state index contributed by atoms with van der Waals surface area (Å²) in [6, 6.07) is 0. The Balaban J connectivity index is 4.95. The number of rotatable bonds is 10. The summed E-state index contributed by atoms with van der Waals surface area (Å²) in [5.41, 5.74) is 10.8. The largest absolute Gasteiger partial charge is 0.330 e. The molecule has 0 rings (SSSR count). The molecule has 0 spiro atoms. The van der Waals surface area contributed by atoms with Gasteiger partial charge in [0.25, 0.3) is 0 Å². The number of primary sulfonamides is 1. The predicted molar refractivity (Wildman–Crippen MR) is 75.5 cm³/mol. The van der Waals surface area contributed by atoms with Crippen LogP contribution < -0.4 is 16.6 Å². The monoisotopic (exact) mass is 316 g/mol. The summed E-state index contributed by atoms with van der Waals surface area (Å²) in [6.07, 6.45) is 1.82. The summed E-state index contributed by atoms with van der Waals surface area (Å²) in [7, 11) is -6.99. The van der Waals surface area contributed by atoms with Crippen LogP contribution in [0.3, 0.4) is 0 Å². The quantitative estimate of drug-likeness (QED) is 0.408. The fourth-order valence-corrected chi connectivity index (χ4v) is 3.33. The van der Waals surface area contributed by atoms with E-state index in [1.807, 2.05) is 0 Å². The van der Waals surface area contributed by atoms with Gasteiger partial charge in [-0.3, -0.25) is 4.90 Å². The van der Waals surface area contributed by atoms with E-state index in [0.717, 1.165) is 6.26 Å². The second-order valence-corrected chi connectivity index (χ2v) is 8.41. The van der Waals surface area contributed by atoms with Gasteiger partial charge in [-0.2, -0.15) is 0 Å². The summed E-state index contributed by atoms with van der Waals surface area (Å²) in [5, 5.41) is 4.21. The van der Waals surface area contributed by atoms with Crippen LogP contribution >= 0.6 is 0 Å². The number of sulfone groups is 1. The molecule has 0 aromatic heterocycles. The minimum atomic E-state index is -3.81. The van der Waals surface area contributed by atoms with E-state index in [4.69, 9.17) is 16.6 Å². The molecule has 0 saturated carbocycles. The molecule has 0 bridgehead atoms. The van der Waals surface area contributed by atoms with E-state index >= 15 is 0 Å². The van der Waals surface area contributed by atoms with E-state index in [0.29, 0.717) is 19.5 Å². The third kappa shape index (κ3) is 8.50. The van der Waals surface area contributed by atoms with Gasteiger partial charge in [-0.15, -0.1) is 0 Å². The van der Waals surface area contributed by atoms with Crippen LogP contribution in [-0.4, -0.2) is 65.3 Å². The van der Waals surface area contributed by atoms with Gasteiger partial charge in [0.05, 0.1) is 5.75 Å². The lowest BCUT2D eigenvalue weighted by atomic mass is 10.3. The van der Waals surface area contributed by atoms with E-state index in [1.54, 1.807) is 0 Å². The van der Waals surface area contributed by atoms with E-state index in [1.165, 1.54) is 4.90 Å². The number of sulfonamides is 1. The van der Waals surface area contributed by atoms with Crippen molar-refractivity contribution in [3.05, 3.63) is 0 Å². The molecule has 0 heterocycles. The van der Waals surface area contributed by atoms with Crippen molar-refractivity contribution in [1.29, 1.82) is 0 Å². The predicted octanol–water partition coefficient (Wildman–Crippen LogP) is -2.35. The highest BCUT2D eigenvalue weighted by atomic mass is 32.2. The van der Waals surface area contributed by atoms with Crippen molar-refractivity contribution in [2.24, 2.45) is 16.6 Å².